The smallest absolute Gasteiger partial charge is 0.262 e. The van der Waals surface area contributed by atoms with Crippen molar-refractivity contribution in [1.82, 2.24) is 0 Å². The summed E-state index contributed by atoms with van der Waals surface area (Å²) in [5, 5.41) is 0. The summed E-state index contributed by atoms with van der Waals surface area (Å²) >= 11 is 3.28. The molecule has 1 amide bonds. The fourth-order valence-corrected chi connectivity index (χ4v) is 5.66. The first-order valence-corrected chi connectivity index (χ1v) is 11.4. The number of amides is 1. The molecule has 0 atom stereocenters. The van der Waals surface area contributed by atoms with Crippen molar-refractivity contribution < 1.29 is 21.6 Å². The van der Waals surface area contributed by atoms with Crippen molar-refractivity contribution >= 4 is 53.3 Å². The van der Waals surface area contributed by atoms with Gasteiger partial charge in [-0.1, -0.05) is 15.9 Å². The molecule has 0 saturated carbocycles. The van der Waals surface area contributed by atoms with Crippen molar-refractivity contribution in [1.29, 1.82) is 0 Å². The normalized spacial score (nSPS) is 16.7. The highest BCUT2D eigenvalue weighted by Gasteiger charge is 2.36. The number of nitrogens with zero attached hydrogens (tertiary/aromatic N) is 1. The third-order valence-electron chi connectivity index (χ3n) is 3.86. The molecule has 1 heterocycles. The molecule has 1 N–H and O–H groups in total. The number of aryl methyl sites for hydroxylation is 1. The number of sulfonamides is 2. The molecule has 1 fully saturated rings. The summed E-state index contributed by atoms with van der Waals surface area (Å²) in [6, 6.07) is 10.6. The molecule has 2 aromatic rings. The van der Waals surface area contributed by atoms with Gasteiger partial charge in [0.2, 0.25) is 15.9 Å². The number of halogens is 1. The minimum atomic E-state index is -3.86. The predicted octanol–water partition coefficient (Wildman–Crippen LogP) is 2.62. The second kappa shape index (κ2) is 6.67. The average Bonchev–Trinajstić information content (AvgIpc) is 2.82. The van der Waals surface area contributed by atoms with Crippen molar-refractivity contribution in [2.24, 2.45) is 0 Å². The van der Waals surface area contributed by atoms with Gasteiger partial charge >= 0.3 is 0 Å². The van der Waals surface area contributed by atoms with Gasteiger partial charge in [-0.15, -0.1) is 0 Å². The summed E-state index contributed by atoms with van der Waals surface area (Å²) < 4.78 is 53.3. The Kier molecular flexibility index (Phi) is 4.84. The standard InChI is InChI=1S/C16H15BrN2O5S2/c1-11-10-14(19-16(20)8-9-25(19,21)22)6-7-15(11)26(23,24)18-13-4-2-12(17)3-5-13/h2-7,10,18H,8-9H2,1H3. The van der Waals surface area contributed by atoms with Gasteiger partial charge in [0, 0.05) is 16.6 Å². The SMILES string of the molecule is Cc1cc(N2C(=O)CCS2(=O)=O)ccc1S(=O)(=O)Nc1ccc(Br)cc1. The third kappa shape index (κ3) is 3.62. The highest BCUT2D eigenvalue weighted by molar-refractivity contribution is 9.10. The van der Waals surface area contributed by atoms with E-state index in [1.54, 1.807) is 31.2 Å². The second-order valence-electron chi connectivity index (χ2n) is 5.79. The van der Waals surface area contributed by atoms with Crippen molar-refractivity contribution in [2.75, 3.05) is 14.8 Å². The van der Waals surface area contributed by atoms with Crippen LogP contribution in [0.15, 0.2) is 51.8 Å². The first kappa shape index (κ1) is 18.9. The summed E-state index contributed by atoms with van der Waals surface area (Å²) in [4.78, 5) is 11.9. The van der Waals surface area contributed by atoms with Crippen LogP contribution < -0.4 is 9.03 Å². The van der Waals surface area contributed by atoms with E-state index in [4.69, 9.17) is 0 Å². The van der Waals surface area contributed by atoms with E-state index in [2.05, 4.69) is 20.7 Å². The van der Waals surface area contributed by atoms with Crippen molar-refractivity contribution in [3.63, 3.8) is 0 Å². The number of hydrogen-bond donors (Lipinski definition) is 1. The Morgan fingerprint density at radius 2 is 1.77 bits per heavy atom. The van der Waals surface area contributed by atoms with E-state index in [0.29, 0.717) is 11.3 Å². The van der Waals surface area contributed by atoms with Gasteiger partial charge in [0.15, 0.2) is 0 Å². The average molecular weight is 459 g/mol. The van der Waals surface area contributed by atoms with Crippen LogP contribution in [0.1, 0.15) is 12.0 Å². The van der Waals surface area contributed by atoms with Crippen LogP contribution in [-0.2, 0) is 24.8 Å². The van der Waals surface area contributed by atoms with Crippen LogP contribution in [0.25, 0.3) is 0 Å². The number of rotatable bonds is 4. The Bertz CT molecular complexity index is 1080. The lowest BCUT2D eigenvalue weighted by atomic mass is 10.2. The van der Waals surface area contributed by atoms with Crippen LogP contribution in [-0.4, -0.2) is 28.5 Å². The van der Waals surface area contributed by atoms with Gasteiger partial charge in [-0.2, -0.15) is 0 Å². The molecule has 0 aliphatic carbocycles. The van der Waals surface area contributed by atoms with Crippen LogP contribution in [0.4, 0.5) is 11.4 Å². The summed E-state index contributed by atoms with van der Waals surface area (Å²) in [5.41, 5.74) is 0.878. The zero-order valence-corrected chi connectivity index (χ0v) is 16.9. The lowest BCUT2D eigenvalue weighted by Gasteiger charge is -2.17. The Balaban J connectivity index is 1.94. The van der Waals surface area contributed by atoms with Gasteiger partial charge in [-0.25, -0.2) is 21.1 Å². The van der Waals surface area contributed by atoms with Gasteiger partial charge in [-0.05, 0) is 55.0 Å². The topological polar surface area (TPSA) is 101 Å². The van der Waals surface area contributed by atoms with Crippen LogP contribution in [0.3, 0.4) is 0 Å². The maximum atomic E-state index is 12.6. The van der Waals surface area contributed by atoms with Crippen molar-refractivity contribution in [2.45, 2.75) is 18.2 Å². The van der Waals surface area contributed by atoms with Crippen LogP contribution in [0, 0.1) is 6.92 Å². The Labute approximate surface area is 160 Å². The zero-order chi connectivity index (χ0) is 19.1. The molecule has 26 heavy (non-hydrogen) atoms. The highest BCUT2D eigenvalue weighted by atomic mass is 79.9. The molecule has 0 unspecified atom stereocenters. The molecule has 2 aromatic carbocycles. The Hall–Kier alpha value is -1.91. The van der Waals surface area contributed by atoms with Crippen LogP contribution >= 0.6 is 15.9 Å². The fourth-order valence-electron chi connectivity index (χ4n) is 2.66. The minimum Gasteiger partial charge on any atom is -0.280 e. The van der Waals surface area contributed by atoms with Crippen molar-refractivity contribution in [3.05, 3.63) is 52.5 Å². The van der Waals surface area contributed by atoms with E-state index in [1.165, 1.54) is 18.2 Å². The number of carbonyl (C=O) groups excluding carboxylic acids is 1. The molecule has 1 aliphatic rings. The highest BCUT2D eigenvalue weighted by Crippen LogP contribution is 2.29. The molecule has 0 radical (unpaired) electrons. The molecule has 0 bridgehead atoms. The first-order chi connectivity index (χ1) is 12.1. The van der Waals surface area contributed by atoms with Crippen molar-refractivity contribution in [3.8, 4) is 0 Å². The molecule has 1 aliphatic heterocycles. The summed E-state index contributed by atoms with van der Waals surface area (Å²) in [5.74, 6) is -0.760. The van der Waals surface area contributed by atoms with Crippen LogP contribution in [0.5, 0.6) is 0 Å². The van der Waals surface area contributed by atoms with Crippen LogP contribution in [0.2, 0.25) is 0 Å². The Morgan fingerprint density at radius 1 is 1.12 bits per heavy atom. The second-order valence-corrected chi connectivity index (χ2v) is 10.3. The lowest BCUT2D eigenvalue weighted by molar-refractivity contribution is -0.116. The number of carbonyl (C=O) groups is 1. The summed E-state index contributed by atoms with van der Waals surface area (Å²) in [6.45, 7) is 1.55. The molecule has 0 spiro atoms. The number of anilines is 2. The molecular weight excluding hydrogens is 444 g/mol. The van der Waals surface area contributed by atoms with Gasteiger partial charge < -0.3 is 0 Å². The molecule has 10 heteroatoms. The van der Waals surface area contributed by atoms with E-state index in [9.17, 15) is 21.6 Å². The van der Waals surface area contributed by atoms with E-state index in [0.717, 1.165) is 8.78 Å². The lowest BCUT2D eigenvalue weighted by Crippen LogP contribution is -2.29. The fraction of sp³-hybridized carbons (Fsp3) is 0.188. The third-order valence-corrected chi connectivity index (χ3v) is 7.62. The summed E-state index contributed by atoms with van der Waals surface area (Å²) in [7, 11) is -7.55. The van der Waals surface area contributed by atoms with E-state index in [1.807, 2.05) is 0 Å². The van der Waals surface area contributed by atoms with Gasteiger partial charge in [0.05, 0.1) is 16.3 Å². The Morgan fingerprint density at radius 3 is 2.31 bits per heavy atom. The largest absolute Gasteiger partial charge is 0.280 e. The first-order valence-electron chi connectivity index (χ1n) is 7.55. The van der Waals surface area contributed by atoms with E-state index in [-0.39, 0.29) is 22.8 Å². The predicted molar refractivity (Wildman–Crippen MR) is 102 cm³/mol. The molecule has 1 saturated heterocycles. The quantitative estimate of drug-likeness (QED) is 0.758. The minimum absolute atomic E-state index is 0.00760. The molecule has 0 aromatic heterocycles. The maximum absolute atomic E-state index is 12.6. The molecule has 3 rings (SSSR count). The number of benzene rings is 2. The molecule has 7 nitrogen and oxygen atoms in total. The zero-order valence-electron chi connectivity index (χ0n) is 13.6. The van der Waals surface area contributed by atoms with E-state index >= 15 is 0 Å². The maximum Gasteiger partial charge on any atom is 0.262 e. The van der Waals surface area contributed by atoms with Gasteiger partial charge in [0.1, 0.15) is 0 Å². The number of nitrogens with one attached hydrogen (secondary N) is 1. The molecular formula is C16H15BrN2O5S2. The monoisotopic (exact) mass is 458 g/mol. The van der Waals surface area contributed by atoms with Gasteiger partial charge in [0.25, 0.3) is 10.0 Å². The number of hydrogen-bond acceptors (Lipinski definition) is 5. The van der Waals surface area contributed by atoms with Gasteiger partial charge in [-0.3, -0.25) is 9.52 Å². The molecule has 138 valence electrons. The van der Waals surface area contributed by atoms with E-state index < -0.39 is 26.0 Å². The summed E-state index contributed by atoms with van der Waals surface area (Å²) in [6.07, 6.45) is -0.0768.